The Morgan fingerprint density at radius 3 is 2.86 bits per heavy atom. The fourth-order valence-electron chi connectivity index (χ4n) is 3.61. The van der Waals surface area contributed by atoms with Crippen molar-refractivity contribution in [2.24, 2.45) is 5.73 Å². The number of nitrogens with one attached hydrogen (secondary N) is 1. The average Bonchev–Trinajstić information content (AvgIpc) is 2.74. The molecule has 1 aliphatic rings. The highest BCUT2D eigenvalue weighted by atomic mass is 16.5. The molecule has 1 amide bonds. The van der Waals surface area contributed by atoms with Crippen molar-refractivity contribution in [2.75, 3.05) is 5.32 Å². The number of aliphatic hydroxyl groups excluding tert-OH is 1. The number of rotatable bonds is 6. The van der Waals surface area contributed by atoms with Gasteiger partial charge in [-0.15, -0.1) is 0 Å². The summed E-state index contributed by atoms with van der Waals surface area (Å²) in [7, 11) is 0. The molecule has 1 aliphatic carbocycles. The van der Waals surface area contributed by atoms with Crippen molar-refractivity contribution in [3.05, 3.63) is 59.9 Å². The van der Waals surface area contributed by atoms with Gasteiger partial charge in [-0.3, -0.25) is 9.78 Å². The minimum Gasteiger partial charge on any atom is -0.489 e. The molecular weight excluding hydrogens is 368 g/mol. The van der Waals surface area contributed by atoms with Crippen LogP contribution in [0.15, 0.2) is 48.7 Å². The molecule has 1 aromatic carbocycles. The number of fused-ring (bicyclic) bond motifs is 1. The first-order chi connectivity index (χ1) is 14.1. The molecular formula is C22H24N4O3. The predicted molar refractivity (Wildman–Crippen MR) is 111 cm³/mol. The largest absolute Gasteiger partial charge is 0.489 e. The molecule has 2 aromatic heterocycles. The number of hydrogen-bond donors (Lipinski definition) is 3. The number of primary amides is 1. The van der Waals surface area contributed by atoms with Crippen LogP contribution >= 0.6 is 0 Å². The molecule has 2 atom stereocenters. The number of nitrogens with zero attached hydrogens (tertiary/aromatic N) is 2. The summed E-state index contributed by atoms with van der Waals surface area (Å²) in [5.41, 5.74) is 7.15. The van der Waals surface area contributed by atoms with Gasteiger partial charge in [0.15, 0.2) is 0 Å². The van der Waals surface area contributed by atoms with Crippen LogP contribution in [0.25, 0.3) is 10.9 Å². The molecule has 150 valence electrons. The van der Waals surface area contributed by atoms with Gasteiger partial charge in [0.05, 0.1) is 17.7 Å². The van der Waals surface area contributed by atoms with Crippen LogP contribution in [-0.2, 0) is 6.61 Å². The van der Waals surface area contributed by atoms with Gasteiger partial charge in [0.2, 0.25) is 0 Å². The molecule has 7 heteroatoms. The van der Waals surface area contributed by atoms with Crippen molar-refractivity contribution in [3.63, 3.8) is 0 Å². The number of amides is 1. The van der Waals surface area contributed by atoms with Gasteiger partial charge in [0.1, 0.15) is 23.9 Å². The molecule has 0 radical (unpaired) electrons. The Labute approximate surface area is 168 Å². The number of anilines is 1. The Bertz CT molecular complexity index is 1020. The van der Waals surface area contributed by atoms with Gasteiger partial charge >= 0.3 is 0 Å². The number of carbonyl (C=O) groups excluding carboxylic acids is 1. The predicted octanol–water partition coefficient (Wildman–Crippen LogP) is 3.02. The quantitative estimate of drug-likeness (QED) is 0.595. The molecule has 29 heavy (non-hydrogen) atoms. The Morgan fingerprint density at radius 2 is 2.03 bits per heavy atom. The summed E-state index contributed by atoms with van der Waals surface area (Å²) < 4.78 is 5.84. The summed E-state index contributed by atoms with van der Waals surface area (Å²) >= 11 is 0. The van der Waals surface area contributed by atoms with Crippen LogP contribution in [0.1, 0.15) is 41.7 Å². The smallest absolute Gasteiger partial charge is 0.267 e. The van der Waals surface area contributed by atoms with Gasteiger partial charge in [-0.25, -0.2) is 4.98 Å². The van der Waals surface area contributed by atoms with Crippen LogP contribution in [0.3, 0.4) is 0 Å². The highest BCUT2D eigenvalue weighted by Crippen LogP contribution is 2.25. The maximum atomic E-state index is 11.2. The first-order valence-corrected chi connectivity index (χ1v) is 9.81. The monoisotopic (exact) mass is 392 g/mol. The number of benzene rings is 1. The van der Waals surface area contributed by atoms with E-state index in [2.05, 4.69) is 15.3 Å². The van der Waals surface area contributed by atoms with E-state index in [1.54, 1.807) is 18.3 Å². The number of aromatic nitrogens is 2. The third kappa shape index (κ3) is 4.63. The van der Waals surface area contributed by atoms with Crippen LogP contribution in [0.2, 0.25) is 0 Å². The number of nitrogens with two attached hydrogens (primary N) is 1. The molecule has 4 rings (SSSR count). The van der Waals surface area contributed by atoms with E-state index in [1.165, 1.54) is 0 Å². The number of pyridine rings is 2. The first kappa shape index (κ1) is 19.1. The Morgan fingerprint density at radius 1 is 1.17 bits per heavy atom. The van der Waals surface area contributed by atoms with Crippen LogP contribution in [0, 0.1) is 0 Å². The van der Waals surface area contributed by atoms with E-state index in [0.29, 0.717) is 12.4 Å². The topological polar surface area (TPSA) is 110 Å². The van der Waals surface area contributed by atoms with Gasteiger partial charge in [-0.1, -0.05) is 12.8 Å². The van der Waals surface area contributed by atoms with Crippen molar-refractivity contribution in [3.8, 4) is 5.75 Å². The van der Waals surface area contributed by atoms with Gasteiger partial charge < -0.3 is 20.9 Å². The first-order valence-electron chi connectivity index (χ1n) is 9.81. The molecule has 0 spiro atoms. The maximum absolute atomic E-state index is 11.2. The molecule has 4 N–H and O–H groups in total. The van der Waals surface area contributed by atoms with Gasteiger partial charge in [-0.05, 0) is 60.9 Å². The normalized spacial score (nSPS) is 19.1. The van der Waals surface area contributed by atoms with Crippen molar-refractivity contribution in [1.82, 2.24) is 9.97 Å². The number of hydrogen-bond acceptors (Lipinski definition) is 6. The zero-order valence-electron chi connectivity index (χ0n) is 16.0. The lowest BCUT2D eigenvalue weighted by molar-refractivity contribution is 0.0995. The van der Waals surface area contributed by atoms with Crippen LogP contribution in [0.4, 0.5) is 5.82 Å². The van der Waals surface area contributed by atoms with Gasteiger partial charge in [-0.2, -0.15) is 0 Å². The molecule has 1 fully saturated rings. The highest BCUT2D eigenvalue weighted by molar-refractivity contribution is 5.90. The van der Waals surface area contributed by atoms with E-state index in [9.17, 15) is 9.90 Å². The molecule has 7 nitrogen and oxygen atoms in total. The van der Waals surface area contributed by atoms with Crippen LogP contribution in [-0.4, -0.2) is 33.1 Å². The number of carbonyl (C=O) groups is 1. The SMILES string of the molecule is NC(=O)c1cc(COc2ccc3nc(N[C@@H]4CCCC[C@H]4O)ccc3c2)ccn1. The van der Waals surface area contributed by atoms with Crippen molar-refractivity contribution < 1.29 is 14.6 Å². The zero-order valence-corrected chi connectivity index (χ0v) is 16.0. The lowest BCUT2D eigenvalue weighted by atomic mass is 9.92. The molecule has 0 bridgehead atoms. The highest BCUT2D eigenvalue weighted by Gasteiger charge is 2.23. The second-order valence-electron chi connectivity index (χ2n) is 7.36. The van der Waals surface area contributed by atoms with E-state index in [0.717, 1.165) is 48.0 Å². The third-order valence-electron chi connectivity index (χ3n) is 5.21. The number of aliphatic hydroxyl groups is 1. The lowest BCUT2D eigenvalue weighted by Gasteiger charge is -2.28. The lowest BCUT2D eigenvalue weighted by Crippen LogP contribution is -2.36. The minimum absolute atomic E-state index is 0.0574. The van der Waals surface area contributed by atoms with E-state index < -0.39 is 5.91 Å². The van der Waals surface area contributed by atoms with Gasteiger partial charge in [0.25, 0.3) is 5.91 Å². The van der Waals surface area contributed by atoms with Crippen molar-refractivity contribution in [1.29, 1.82) is 0 Å². The molecule has 0 aliphatic heterocycles. The molecule has 0 saturated heterocycles. The third-order valence-corrected chi connectivity index (χ3v) is 5.21. The second-order valence-corrected chi connectivity index (χ2v) is 7.36. The standard InChI is InChI=1S/C22H24N4O3/c23-22(28)19-11-14(9-10-24-19)13-29-16-6-7-17-15(12-16)5-8-21(25-17)26-18-3-1-2-4-20(18)27/h5-12,18,20,27H,1-4,13H2,(H2,23,28)(H,25,26)/t18-,20-/m1/s1. The maximum Gasteiger partial charge on any atom is 0.267 e. The fourth-order valence-corrected chi connectivity index (χ4v) is 3.61. The Kier molecular flexibility index (Phi) is 5.57. The summed E-state index contributed by atoms with van der Waals surface area (Å²) in [5.74, 6) is 0.918. The fraction of sp³-hybridized carbons (Fsp3) is 0.318. The zero-order chi connectivity index (χ0) is 20.2. The van der Waals surface area contributed by atoms with E-state index in [4.69, 9.17) is 10.5 Å². The summed E-state index contributed by atoms with van der Waals surface area (Å²) in [6, 6.07) is 13.1. The average molecular weight is 392 g/mol. The van der Waals surface area contributed by atoms with Gasteiger partial charge in [0, 0.05) is 11.6 Å². The number of ether oxygens (including phenoxy) is 1. The summed E-state index contributed by atoms with van der Waals surface area (Å²) in [4.78, 5) is 19.8. The molecule has 3 aromatic rings. The Balaban J connectivity index is 1.44. The van der Waals surface area contributed by atoms with Crippen LogP contribution < -0.4 is 15.8 Å². The minimum atomic E-state index is -0.561. The second kappa shape index (κ2) is 8.45. The molecule has 0 unspecified atom stereocenters. The summed E-state index contributed by atoms with van der Waals surface area (Å²) in [5, 5.41) is 14.5. The molecule has 2 heterocycles. The Hall–Kier alpha value is -3.19. The van der Waals surface area contributed by atoms with Crippen molar-refractivity contribution >= 4 is 22.6 Å². The van der Waals surface area contributed by atoms with Crippen molar-refractivity contribution in [2.45, 2.75) is 44.4 Å². The van der Waals surface area contributed by atoms with E-state index >= 15 is 0 Å². The van der Waals surface area contributed by atoms with Crippen LogP contribution in [0.5, 0.6) is 5.75 Å². The summed E-state index contributed by atoms with van der Waals surface area (Å²) in [6.07, 6.45) is 5.23. The summed E-state index contributed by atoms with van der Waals surface area (Å²) in [6.45, 7) is 0.306. The van der Waals surface area contributed by atoms with E-state index in [-0.39, 0.29) is 17.8 Å². The molecule has 1 saturated carbocycles. The van der Waals surface area contributed by atoms with E-state index in [1.807, 2.05) is 30.3 Å².